The number of nitrogens with one attached hydrogen (secondary N) is 1. The van der Waals surface area contributed by atoms with Crippen LogP contribution in [0.2, 0.25) is 0 Å². The molecule has 0 aliphatic carbocycles. The van der Waals surface area contributed by atoms with Crippen molar-refractivity contribution < 1.29 is 19.1 Å². The first-order valence-electron chi connectivity index (χ1n) is 11.5. The Balaban J connectivity index is 1.26. The molecule has 0 aliphatic heterocycles. The standard InChI is InChI=1S/C28H28N4O4/c1-31(17-22-16-29-32(19-22)18-21-7-4-3-5-8-21)28(34)23-11-13-25(14-12-23)36-20-27(33)30-24-9-6-10-26(15-24)35-2/h3-16,19H,17-18,20H2,1-2H3,(H,30,33). The number of methoxy groups -OCH3 is 1. The van der Waals surface area contributed by atoms with Crippen molar-refractivity contribution in [3.63, 3.8) is 0 Å². The van der Waals surface area contributed by atoms with Crippen molar-refractivity contribution >= 4 is 17.5 Å². The SMILES string of the molecule is COc1cccc(NC(=O)COc2ccc(C(=O)N(C)Cc3cnn(Cc4ccccc4)c3)cc2)c1. The van der Waals surface area contributed by atoms with E-state index in [1.165, 1.54) is 0 Å². The molecule has 0 spiro atoms. The van der Waals surface area contributed by atoms with E-state index in [0.717, 1.165) is 11.1 Å². The van der Waals surface area contributed by atoms with Crippen LogP contribution in [0.1, 0.15) is 21.5 Å². The maximum atomic E-state index is 12.9. The molecule has 8 nitrogen and oxygen atoms in total. The van der Waals surface area contributed by atoms with Crippen LogP contribution >= 0.6 is 0 Å². The summed E-state index contributed by atoms with van der Waals surface area (Å²) in [6.45, 7) is 0.964. The number of amides is 2. The number of carbonyl (C=O) groups excluding carboxylic acids is 2. The number of rotatable bonds is 10. The molecule has 0 unspecified atom stereocenters. The van der Waals surface area contributed by atoms with Crippen molar-refractivity contribution in [3.8, 4) is 11.5 Å². The number of nitrogens with zero attached hydrogens (tertiary/aromatic N) is 3. The first-order chi connectivity index (χ1) is 17.5. The number of aromatic nitrogens is 2. The van der Waals surface area contributed by atoms with E-state index < -0.39 is 0 Å². The number of hydrogen-bond donors (Lipinski definition) is 1. The van der Waals surface area contributed by atoms with E-state index >= 15 is 0 Å². The molecule has 4 rings (SSSR count). The molecule has 0 saturated carbocycles. The molecule has 8 heteroatoms. The molecule has 0 bridgehead atoms. The average molecular weight is 485 g/mol. The maximum absolute atomic E-state index is 12.9. The van der Waals surface area contributed by atoms with E-state index in [-0.39, 0.29) is 18.4 Å². The van der Waals surface area contributed by atoms with Gasteiger partial charge in [-0.2, -0.15) is 5.10 Å². The topological polar surface area (TPSA) is 85.7 Å². The summed E-state index contributed by atoms with van der Waals surface area (Å²) in [6, 6.07) is 23.9. The molecule has 3 aromatic carbocycles. The zero-order valence-corrected chi connectivity index (χ0v) is 20.3. The van der Waals surface area contributed by atoms with Gasteiger partial charge in [0.1, 0.15) is 11.5 Å². The van der Waals surface area contributed by atoms with Crippen LogP contribution in [0.4, 0.5) is 5.69 Å². The Labute approximate surface area is 210 Å². The van der Waals surface area contributed by atoms with Gasteiger partial charge in [-0.15, -0.1) is 0 Å². The first-order valence-corrected chi connectivity index (χ1v) is 11.5. The van der Waals surface area contributed by atoms with Crippen molar-refractivity contribution in [2.45, 2.75) is 13.1 Å². The van der Waals surface area contributed by atoms with E-state index in [2.05, 4.69) is 22.5 Å². The third-order valence-electron chi connectivity index (χ3n) is 5.47. The molecule has 36 heavy (non-hydrogen) atoms. The summed E-state index contributed by atoms with van der Waals surface area (Å²) in [5.41, 5.74) is 3.26. The largest absolute Gasteiger partial charge is 0.497 e. The van der Waals surface area contributed by atoms with Gasteiger partial charge in [0.25, 0.3) is 11.8 Å². The molecule has 1 N–H and O–H groups in total. The second-order valence-corrected chi connectivity index (χ2v) is 8.29. The fraction of sp³-hybridized carbons (Fsp3) is 0.179. The van der Waals surface area contributed by atoms with Crippen molar-refractivity contribution in [1.82, 2.24) is 14.7 Å². The monoisotopic (exact) mass is 484 g/mol. The van der Waals surface area contributed by atoms with Gasteiger partial charge < -0.3 is 19.7 Å². The van der Waals surface area contributed by atoms with E-state index in [1.54, 1.807) is 73.8 Å². The van der Waals surface area contributed by atoms with E-state index in [1.807, 2.05) is 29.1 Å². The van der Waals surface area contributed by atoms with E-state index in [0.29, 0.717) is 35.8 Å². The summed E-state index contributed by atoms with van der Waals surface area (Å²) in [7, 11) is 3.32. The zero-order valence-electron chi connectivity index (χ0n) is 20.3. The van der Waals surface area contributed by atoms with E-state index in [4.69, 9.17) is 9.47 Å². The highest BCUT2D eigenvalue weighted by atomic mass is 16.5. The lowest BCUT2D eigenvalue weighted by Crippen LogP contribution is -2.26. The Morgan fingerprint density at radius 3 is 2.47 bits per heavy atom. The second-order valence-electron chi connectivity index (χ2n) is 8.29. The van der Waals surface area contributed by atoms with Gasteiger partial charge in [-0.05, 0) is 42.0 Å². The number of benzene rings is 3. The van der Waals surface area contributed by atoms with Gasteiger partial charge in [0.15, 0.2) is 6.61 Å². The summed E-state index contributed by atoms with van der Waals surface area (Å²) in [5.74, 6) is 0.737. The first kappa shape index (κ1) is 24.5. The van der Waals surface area contributed by atoms with Crippen molar-refractivity contribution in [1.29, 1.82) is 0 Å². The Bertz CT molecular complexity index is 1300. The van der Waals surface area contributed by atoms with Crippen LogP contribution in [0, 0.1) is 0 Å². The Morgan fingerprint density at radius 1 is 0.944 bits per heavy atom. The van der Waals surface area contributed by atoms with Gasteiger partial charge in [-0.25, -0.2) is 0 Å². The molecule has 184 valence electrons. The summed E-state index contributed by atoms with van der Waals surface area (Å²) in [4.78, 5) is 26.7. The zero-order chi connectivity index (χ0) is 25.3. The third kappa shape index (κ3) is 6.73. The molecule has 1 heterocycles. The summed E-state index contributed by atoms with van der Waals surface area (Å²) >= 11 is 0. The van der Waals surface area contributed by atoms with Crippen LogP contribution in [0.15, 0.2) is 91.3 Å². The Hall–Kier alpha value is -4.59. The highest BCUT2D eigenvalue weighted by Crippen LogP contribution is 2.18. The van der Waals surface area contributed by atoms with Gasteiger partial charge in [0.2, 0.25) is 0 Å². The third-order valence-corrected chi connectivity index (χ3v) is 5.47. The minimum Gasteiger partial charge on any atom is -0.497 e. The number of hydrogen-bond acceptors (Lipinski definition) is 5. The van der Waals surface area contributed by atoms with Crippen molar-refractivity contribution in [2.75, 3.05) is 26.1 Å². The lowest BCUT2D eigenvalue weighted by Gasteiger charge is -2.16. The van der Waals surface area contributed by atoms with Gasteiger partial charge in [0.05, 0.1) is 19.9 Å². The molecule has 2 amide bonds. The molecular formula is C28H28N4O4. The lowest BCUT2D eigenvalue weighted by atomic mass is 10.2. The second kappa shape index (κ2) is 11.7. The van der Waals surface area contributed by atoms with Crippen LogP contribution in [0.5, 0.6) is 11.5 Å². The molecule has 1 aromatic heterocycles. The van der Waals surface area contributed by atoms with Crippen molar-refractivity contribution in [3.05, 3.63) is 108 Å². The molecular weight excluding hydrogens is 456 g/mol. The quantitative estimate of drug-likeness (QED) is 0.364. The van der Waals surface area contributed by atoms with Gasteiger partial charge >= 0.3 is 0 Å². The normalized spacial score (nSPS) is 10.5. The smallest absolute Gasteiger partial charge is 0.262 e. The average Bonchev–Trinajstić information content (AvgIpc) is 3.34. The van der Waals surface area contributed by atoms with Crippen LogP contribution in [0.25, 0.3) is 0 Å². The lowest BCUT2D eigenvalue weighted by molar-refractivity contribution is -0.118. The summed E-state index contributed by atoms with van der Waals surface area (Å²) in [6.07, 6.45) is 3.73. The molecule has 0 saturated heterocycles. The maximum Gasteiger partial charge on any atom is 0.262 e. The highest BCUT2D eigenvalue weighted by molar-refractivity contribution is 5.94. The summed E-state index contributed by atoms with van der Waals surface area (Å²) < 4.78 is 12.6. The van der Waals surface area contributed by atoms with Gasteiger partial charge in [0, 0.05) is 42.7 Å². The van der Waals surface area contributed by atoms with Gasteiger partial charge in [-0.3, -0.25) is 14.3 Å². The Kier molecular flexibility index (Phi) is 7.97. The highest BCUT2D eigenvalue weighted by Gasteiger charge is 2.14. The van der Waals surface area contributed by atoms with Crippen LogP contribution in [-0.4, -0.2) is 47.3 Å². The predicted octanol–water partition coefficient (Wildman–Crippen LogP) is 4.23. The molecule has 0 fully saturated rings. The molecule has 4 aromatic rings. The minimum absolute atomic E-state index is 0.117. The molecule has 0 radical (unpaired) electrons. The number of ether oxygens (including phenoxy) is 2. The molecule has 0 atom stereocenters. The fourth-order valence-corrected chi connectivity index (χ4v) is 3.65. The minimum atomic E-state index is -0.295. The van der Waals surface area contributed by atoms with E-state index in [9.17, 15) is 9.59 Å². The Morgan fingerprint density at radius 2 is 1.72 bits per heavy atom. The number of anilines is 1. The fourth-order valence-electron chi connectivity index (χ4n) is 3.65. The van der Waals surface area contributed by atoms with Crippen LogP contribution in [-0.2, 0) is 17.9 Å². The summed E-state index contributed by atoms with van der Waals surface area (Å²) in [5, 5.41) is 7.16. The van der Waals surface area contributed by atoms with Crippen LogP contribution in [0.3, 0.4) is 0 Å². The predicted molar refractivity (Wildman–Crippen MR) is 137 cm³/mol. The number of carbonyl (C=O) groups is 2. The van der Waals surface area contributed by atoms with Crippen LogP contribution < -0.4 is 14.8 Å². The van der Waals surface area contributed by atoms with Crippen molar-refractivity contribution in [2.24, 2.45) is 0 Å². The molecule has 0 aliphatic rings. The van der Waals surface area contributed by atoms with Gasteiger partial charge in [-0.1, -0.05) is 36.4 Å².